The molecule has 9 nitrogen and oxygen atoms in total. The van der Waals surface area contributed by atoms with Crippen molar-refractivity contribution in [2.45, 2.75) is 98.3 Å². The molecule has 3 aromatic rings. The van der Waals surface area contributed by atoms with Gasteiger partial charge in [0, 0.05) is 79.5 Å². The van der Waals surface area contributed by atoms with E-state index in [-0.39, 0.29) is 11.8 Å². The van der Waals surface area contributed by atoms with Crippen LogP contribution in [0.4, 0.5) is 17.1 Å². The summed E-state index contributed by atoms with van der Waals surface area (Å²) in [6, 6.07) is 19.5. The van der Waals surface area contributed by atoms with E-state index in [9.17, 15) is 9.59 Å². The predicted molar refractivity (Wildman–Crippen MR) is 252 cm³/mol. The van der Waals surface area contributed by atoms with Crippen LogP contribution in [0.25, 0.3) is 11.1 Å². The third-order valence-corrected chi connectivity index (χ3v) is 11.1. The number of anilines is 1. The fourth-order valence-electron chi connectivity index (χ4n) is 7.28. The molecule has 0 aromatic heterocycles. The van der Waals surface area contributed by atoms with Crippen molar-refractivity contribution in [3.8, 4) is 11.1 Å². The van der Waals surface area contributed by atoms with Crippen molar-refractivity contribution in [3.05, 3.63) is 136 Å². The molecule has 60 heavy (non-hydrogen) atoms. The molecule has 3 aromatic carbocycles. The predicted octanol–water partition coefficient (Wildman–Crippen LogP) is 10.7. The lowest BCUT2D eigenvalue weighted by Gasteiger charge is -2.15. The molecule has 0 saturated heterocycles. The smallest absolute Gasteiger partial charge is 0.251 e. The summed E-state index contributed by atoms with van der Waals surface area (Å²) in [5.74, 6) is -0.116. The number of hydrogen-bond acceptors (Lipinski definition) is 6. The van der Waals surface area contributed by atoms with Crippen LogP contribution in [0.15, 0.2) is 125 Å². The van der Waals surface area contributed by atoms with Crippen molar-refractivity contribution in [2.75, 3.05) is 31.5 Å². The summed E-state index contributed by atoms with van der Waals surface area (Å²) in [4.78, 5) is 30.5. The molecule has 9 heteroatoms. The number of carbonyl (C=O) groups is 2. The zero-order chi connectivity index (χ0) is 42.9. The number of nitrogens with one attached hydrogen (secondary N) is 4. The Bertz CT molecular complexity index is 2150. The fourth-order valence-corrected chi connectivity index (χ4v) is 7.28. The van der Waals surface area contributed by atoms with E-state index in [2.05, 4.69) is 72.7 Å². The van der Waals surface area contributed by atoms with Crippen LogP contribution in [0.2, 0.25) is 0 Å². The maximum Gasteiger partial charge on any atom is 0.251 e. The van der Waals surface area contributed by atoms with Crippen LogP contribution in [0, 0.1) is 6.92 Å². The van der Waals surface area contributed by atoms with Crippen LogP contribution in [0.1, 0.15) is 118 Å². The molecule has 0 saturated carbocycles. The number of aliphatic imine (C=N–C) groups is 1. The van der Waals surface area contributed by atoms with E-state index >= 15 is 0 Å². The van der Waals surface area contributed by atoms with E-state index in [1.807, 2.05) is 79.1 Å². The number of rotatable bonds is 22. The van der Waals surface area contributed by atoms with Crippen LogP contribution < -0.4 is 27.0 Å². The average Bonchev–Trinajstić information content (AvgIpc) is 3.25. The Balaban J connectivity index is 0.959. The molecule has 6 N–H and O–H groups in total. The molecule has 2 amide bonds. The van der Waals surface area contributed by atoms with Gasteiger partial charge in [0.2, 0.25) is 5.69 Å². The van der Waals surface area contributed by atoms with Crippen LogP contribution in [0.3, 0.4) is 0 Å². The Morgan fingerprint density at radius 3 is 1.77 bits per heavy atom. The number of carbonyl (C=O) groups excluding carboxylic acids is 2. The maximum absolute atomic E-state index is 12.9. The Morgan fingerprint density at radius 1 is 0.700 bits per heavy atom. The normalized spacial score (nSPS) is 14.4. The van der Waals surface area contributed by atoms with Gasteiger partial charge < -0.3 is 27.0 Å². The SMILES string of the molecule is C=C(C)[N+](=C)c1cc(NCCCCCCNC(=O)c2ccc(-c3ccc(C(=O)NCCCCCCNC4=CCCC=C4C)cc3)cc2)c(C)cc1N=C1C=C(C)C(N)=CC1. The van der Waals surface area contributed by atoms with Crippen LogP contribution >= 0.6 is 0 Å². The number of unbranched alkanes of at least 4 members (excludes halogenated alkanes) is 6. The fraction of sp³-hybridized carbons (Fsp3) is 0.373. The third kappa shape index (κ3) is 13.5. The van der Waals surface area contributed by atoms with Gasteiger partial charge in [-0.15, -0.1) is 0 Å². The summed E-state index contributed by atoms with van der Waals surface area (Å²) in [6.45, 7) is 19.7. The quantitative estimate of drug-likeness (QED) is 0.0393. The van der Waals surface area contributed by atoms with Crippen molar-refractivity contribution >= 4 is 41.3 Å². The molecule has 5 rings (SSSR count). The van der Waals surface area contributed by atoms with Crippen molar-refractivity contribution in [1.29, 1.82) is 0 Å². The molecule has 316 valence electrons. The Kier molecular flexibility index (Phi) is 17.3. The minimum Gasteiger partial charge on any atom is -0.399 e. The Hall–Kier alpha value is -5.96. The molecular weight excluding hydrogens is 743 g/mol. The number of nitrogens with two attached hydrogens (primary N) is 1. The molecule has 0 heterocycles. The van der Waals surface area contributed by atoms with Gasteiger partial charge in [0.1, 0.15) is 12.4 Å². The average molecular weight is 809 g/mol. The van der Waals surface area contributed by atoms with Crippen molar-refractivity contribution in [1.82, 2.24) is 16.0 Å². The number of allylic oxidation sites excluding steroid dienone is 7. The van der Waals surface area contributed by atoms with Crippen molar-refractivity contribution in [2.24, 2.45) is 10.7 Å². The van der Waals surface area contributed by atoms with Crippen LogP contribution in [-0.4, -0.2) is 55.0 Å². The highest BCUT2D eigenvalue weighted by atomic mass is 16.2. The number of nitrogens with zero attached hydrogens (tertiary/aromatic N) is 2. The van der Waals surface area contributed by atoms with Crippen molar-refractivity contribution < 1.29 is 14.2 Å². The van der Waals surface area contributed by atoms with E-state index < -0.39 is 0 Å². The molecule has 2 aliphatic rings. The molecule has 0 fully saturated rings. The summed E-state index contributed by atoms with van der Waals surface area (Å²) in [7, 11) is 0. The van der Waals surface area contributed by atoms with Crippen molar-refractivity contribution in [3.63, 3.8) is 0 Å². The molecule has 0 atom stereocenters. The Morgan fingerprint density at radius 2 is 1.23 bits per heavy atom. The van der Waals surface area contributed by atoms with Gasteiger partial charge in [-0.05, 0) is 130 Å². The lowest BCUT2D eigenvalue weighted by molar-refractivity contribution is -0.371. The first-order valence-corrected chi connectivity index (χ1v) is 21.7. The summed E-state index contributed by atoms with van der Waals surface area (Å²) in [5.41, 5.74) is 19.5. The zero-order valence-corrected chi connectivity index (χ0v) is 36.4. The first kappa shape index (κ1) is 45.1. The second-order valence-electron chi connectivity index (χ2n) is 16.0. The number of hydrogen-bond donors (Lipinski definition) is 5. The van der Waals surface area contributed by atoms with Gasteiger partial charge in [-0.25, -0.2) is 4.99 Å². The Labute approximate surface area is 358 Å². The minimum atomic E-state index is -0.0687. The topological polar surface area (TPSA) is 124 Å². The van der Waals surface area contributed by atoms with Gasteiger partial charge in [-0.2, -0.15) is 4.58 Å². The molecule has 0 bridgehead atoms. The summed E-state index contributed by atoms with van der Waals surface area (Å²) >= 11 is 0. The molecular formula is C51H66N7O2+. The maximum atomic E-state index is 12.9. The summed E-state index contributed by atoms with van der Waals surface area (Å²) in [5, 5.41) is 13.3. The largest absolute Gasteiger partial charge is 0.399 e. The van der Waals surface area contributed by atoms with Gasteiger partial charge >= 0.3 is 0 Å². The minimum absolute atomic E-state index is 0.0478. The van der Waals surface area contributed by atoms with E-state index in [4.69, 9.17) is 10.7 Å². The third-order valence-electron chi connectivity index (χ3n) is 11.1. The van der Waals surface area contributed by atoms with E-state index in [0.717, 1.165) is 134 Å². The molecule has 0 unspecified atom stereocenters. The van der Waals surface area contributed by atoms with E-state index in [0.29, 0.717) is 30.6 Å². The molecule has 2 aliphatic carbocycles. The van der Waals surface area contributed by atoms with E-state index in [1.54, 1.807) is 0 Å². The standard InChI is InChI=1S/C51H65N7O2/c1-36(2)58(6)49-35-47(39(5)34-48(49)57-44-27-28-45(52)38(4)33-44)54-30-14-8-10-16-32-56-51(60)43-25-21-41(22-26-43)40-19-23-42(24-20-40)50(59)55-31-15-9-7-13-29-53-46-18-12-11-17-37(46)3/h17-26,28,33-35,53-54H,1,6-16,27,29-32,52H2,2-5H3,(H-,55,56,59,60)/p+1. The van der Waals surface area contributed by atoms with Gasteiger partial charge in [-0.1, -0.05) is 68.2 Å². The summed E-state index contributed by atoms with van der Waals surface area (Å²) < 4.78 is 1.83. The van der Waals surface area contributed by atoms with E-state index in [1.165, 1.54) is 11.3 Å². The zero-order valence-electron chi connectivity index (χ0n) is 36.4. The second-order valence-corrected chi connectivity index (χ2v) is 16.0. The monoisotopic (exact) mass is 809 g/mol. The van der Waals surface area contributed by atoms with Gasteiger partial charge in [-0.3, -0.25) is 9.59 Å². The number of aryl methyl sites for hydroxylation is 1. The van der Waals surface area contributed by atoms with Gasteiger partial charge in [0.15, 0.2) is 5.70 Å². The lowest BCUT2D eigenvalue weighted by Crippen LogP contribution is -2.24. The van der Waals surface area contributed by atoms with Gasteiger partial charge in [0.25, 0.3) is 11.8 Å². The molecule has 0 spiro atoms. The highest BCUT2D eigenvalue weighted by Gasteiger charge is 2.19. The lowest BCUT2D eigenvalue weighted by atomic mass is 10.0. The number of benzene rings is 3. The first-order chi connectivity index (χ1) is 29.0. The highest BCUT2D eigenvalue weighted by molar-refractivity contribution is 6.00. The summed E-state index contributed by atoms with van der Waals surface area (Å²) in [6.07, 6.45) is 20.0. The number of amides is 2. The molecule has 0 aliphatic heterocycles. The second kappa shape index (κ2) is 23.0. The van der Waals surface area contributed by atoms with Crippen LogP contribution in [0.5, 0.6) is 0 Å². The van der Waals surface area contributed by atoms with Crippen LogP contribution in [-0.2, 0) is 0 Å². The molecule has 0 radical (unpaired) electrons. The van der Waals surface area contributed by atoms with Gasteiger partial charge in [0.05, 0.1) is 0 Å². The highest BCUT2D eigenvalue weighted by Crippen LogP contribution is 2.35. The first-order valence-electron chi connectivity index (χ1n) is 21.7.